The van der Waals surface area contributed by atoms with Crippen molar-refractivity contribution < 1.29 is 15.1 Å². The van der Waals surface area contributed by atoms with Crippen molar-refractivity contribution in [2.45, 2.75) is 69.2 Å². The van der Waals surface area contributed by atoms with E-state index in [1.165, 1.54) is 174 Å². The summed E-state index contributed by atoms with van der Waals surface area (Å²) in [5.74, 6) is 0. The SMILES string of the molecule is CCNCC.Cc1ccc(P(c2ccc(C)cc2)c2ccc3ccccc3c2-c2c(P(c3ccc(C)cc3)c3ccc(C)cc3)ccc3ccccc23)cc1.Cc1ccc(P(c2ccc(C)cc2)c2ccc3ccccc3c2-c2c(P(c3ccc(C)cc3)c3ccc(C)cc3)ccc3ccccc23)cc1.[Cl][Ru][Cl]. The molecule has 108 heavy (non-hydrogen) atoms. The topological polar surface area (TPSA) is 12.0 Å². The van der Waals surface area contributed by atoms with E-state index in [9.17, 15) is 0 Å². The molecule has 0 amide bonds. The van der Waals surface area contributed by atoms with Gasteiger partial charge in [0.15, 0.2) is 0 Å². The van der Waals surface area contributed by atoms with Crippen molar-refractivity contribution in [2.75, 3.05) is 13.1 Å². The van der Waals surface area contributed by atoms with Crippen molar-refractivity contribution in [2.24, 2.45) is 0 Å². The second-order valence-corrected chi connectivity index (χ2v) is 39.1. The molecule has 16 aromatic rings. The molecule has 0 saturated carbocycles. The fourth-order valence-electron chi connectivity index (χ4n) is 14.3. The van der Waals surface area contributed by atoms with Crippen LogP contribution in [0.5, 0.6) is 0 Å². The Balaban J connectivity index is 0.000000173. The second kappa shape index (κ2) is 36.8. The first-order chi connectivity index (χ1) is 52.7. The van der Waals surface area contributed by atoms with Crippen LogP contribution >= 0.6 is 51.1 Å². The average molecular weight is 1600 g/mol. The molecule has 0 radical (unpaired) electrons. The number of aryl methyl sites for hydroxylation is 8. The Kier molecular flexibility index (Phi) is 26.4. The van der Waals surface area contributed by atoms with Gasteiger partial charge in [-0.2, -0.15) is 0 Å². The minimum atomic E-state index is -0.885. The Hall–Kier alpha value is -8.56. The fraction of sp³-hybridized carbons (Fsp3) is 0.120. The molecule has 0 aromatic heterocycles. The maximum atomic E-state index is 4.85. The van der Waals surface area contributed by atoms with E-state index < -0.39 is 31.7 Å². The normalized spacial score (nSPS) is 11.3. The van der Waals surface area contributed by atoms with E-state index in [0.29, 0.717) is 0 Å². The zero-order chi connectivity index (χ0) is 75.2. The van der Waals surface area contributed by atoms with Crippen LogP contribution in [0, 0.1) is 55.4 Å². The van der Waals surface area contributed by atoms with Crippen LogP contribution in [0.2, 0.25) is 0 Å². The van der Waals surface area contributed by atoms with Gasteiger partial charge in [0.1, 0.15) is 0 Å². The number of hydrogen-bond acceptors (Lipinski definition) is 1. The number of nitrogens with one attached hydrogen (secondary N) is 1. The summed E-state index contributed by atoms with van der Waals surface area (Å²) in [5, 5.41) is 29.9. The zero-order valence-corrected chi connectivity index (χ0v) is 70.0. The quantitative estimate of drug-likeness (QED) is 0.0751. The fourth-order valence-corrected chi connectivity index (χ4v) is 24.1. The predicted molar refractivity (Wildman–Crippen MR) is 482 cm³/mol. The van der Waals surface area contributed by atoms with Crippen LogP contribution in [0.15, 0.2) is 340 Å². The molecule has 0 heterocycles. The predicted octanol–water partition coefficient (Wildman–Crippen LogP) is 22.8. The van der Waals surface area contributed by atoms with Crippen LogP contribution in [0.4, 0.5) is 0 Å². The third kappa shape index (κ3) is 17.8. The van der Waals surface area contributed by atoms with Gasteiger partial charge in [-0.15, -0.1) is 0 Å². The summed E-state index contributed by atoms with van der Waals surface area (Å²) in [6.45, 7) is 23.8. The van der Waals surface area contributed by atoms with Crippen LogP contribution in [0.25, 0.3) is 65.3 Å². The molecule has 0 aliphatic rings. The van der Waals surface area contributed by atoms with Gasteiger partial charge in [-0.3, -0.25) is 0 Å². The standard InChI is InChI=1S/2C48H40P2.C4H11N.2ClH.Ru/c2*1-33-13-23-39(24-14-33)49(40-25-15-34(2)16-26-40)45-31-21-37-9-5-7-11-43(37)47(45)48-44-12-8-6-10-38(44)22-32-46(48)50(41-27-17-35(3)18-28-41)42-29-19-36(4)20-30-42;1-3-5-4-2;;;/h2*5-32H,1-4H3;5H,3-4H2,1-2H3;2*1H;/q;;;;;+2/p-2. The van der Waals surface area contributed by atoms with E-state index in [4.69, 9.17) is 19.4 Å². The zero-order valence-electron chi connectivity index (χ0n) is 63.1. The number of halogens is 2. The molecule has 1 N–H and O–H groups in total. The van der Waals surface area contributed by atoms with Crippen LogP contribution in [-0.2, 0) is 15.1 Å². The third-order valence-electron chi connectivity index (χ3n) is 19.9. The van der Waals surface area contributed by atoms with E-state index >= 15 is 0 Å². The summed E-state index contributed by atoms with van der Waals surface area (Å²) in [4.78, 5) is 0. The van der Waals surface area contributed by atoms with E-state index in [-0.39, 0.29) is 15.1 Å². The summed E-state index contributed by atoms with van der Waals surface area (Å²) in [6.07, 6.45) is 0. The molecule has 0 aliphatic heterocycles. The average Bonchev–Trinajstić information content (AvgIpc) is 0.736. The minimum absolute atomic E-state index is 0.346. The number of rotatable bonds is 16. The Morgan fingerprint density at radius 2 is 0.361 bits per heavy atom. The van der Waals surface area contributed by atoms with Crippen LogP contribution in [0.3, 0.4) is 0 Å². The molecule has 0 unspecified atom stereocenters. The van der Waals surface area contributed by atoms with Gasteiger partial charge >= 0.3 is 34.5 Å². The molecule has 8 heteroatoms. The van der Waals surface area contributed by atoms with Gasteiger partial charge in [-0.05, 0) is 229 Å². The Morgan fingerprint density at radius 1 is 0.213 bits per heavy atom. The van der Waals surface area contributed by atoms with Gasteiger partial charge in [0.2, 0.25) is 0 Å². The van der Waals surface area contributed by atoms with Crippen molar-refractivity contribution in [3.05, 3.63) is 384 Å². The molecule has 0 spiro atoms. The molecule has 16 aromatic carbocycles. The van der Waals surface area contributed by atoms with Gasteiger partial charge < -0.3 is 5.32 Å². The summed E-state index contributed by atoms with van der Waals surface area (Å²) >= 11 is -0.346. The van der Waals surface area contributed by atoms with Crippen molar-refractivity contribution in [3.63, 3.8) is 0 Å². The summed E-state index contributed by atoms with van der Waals surface area (Å²) in [6, 6.07) is 129. The Labute approximate surface area is 661 Å². The first kappa shape index (κ1) is 77.6. The molecule has 16 rings (SSSR count). The Morgan fingerprint density at radius 3 is 0.500 bits per heavy atom. The summed E-state index contributed by atoms with van der Waals surface area (Å²) in [7, 11) is 6.17. The molecule has 0 fully saturated rings. The van der Waals surface area contributed by atoms with Gasteiger partial charge in [-0.1, -0.05) is 398 Å². The number of hydrogen-bond donors (Lipinski definition) is 1. The number of fused-ring (bicyclic) bond motifs is 4. The Bertz CT molecular complexity index is 4810. The van der Waals surface area contributed by atoms with Crippen LogP contribution in [-0.4, -0.2) is 13.1 Å². The molecule has 1 nitrogen and oxygen atoms in total. The molecule has 538 valence electrons. The summed E-state index contributed by atoms with van der Waals surface area (Å²) < 4.78 is 0. The first-order valence-corrected chi connectivity index (χ1v) is 46.9. The van der Waals surface area contributed by atoms with Crippen molar-refractivity contribution in [1.29, 1.82) is 0 Å². The maximum absolute atomic E-state index is 4.85. The van der Waals surface area contributed by atoms with Crippen molar-refractivity contribution >= 4 is 158 Å². The molecule has 0 atom stereocenters. The molecular formula is C100H91Cl2NP4Ru. The molecular weight excluding hydrogens is 1510 g/mol. The van der Waals surface area contributed by atoms with Crippen molar-refractivity contribution in [1.82, 2.24) is 5.32 Å². The van der Waals surface area contributed by atoms with Gasteiger partial charge in [0.05, 0.1) is 0 Å². The molecule has 0 bridgehead atoms. The van der Waals surface area contributed by atoms with Crippen LogP contribution in [0.1, 0.15) is 58.4 Å². The molecule has 0 aliphatic carbocycles. The first-order valence-electron chi connectivity index (χ1n) is 37.1. The van der Waals surface area contributed by atoms with E-state index in [1.807, 2.05) is 0 Å². The second-order valence-electron chi connectivity index (χ2n) is 27.8. The third-order valence-corrected chi connectivity index (χ3v) is 29.9. The van der Waals surface area contributed by atoms with Gasteiger partial charge in [0, 0.05) is 0 Å². The number of benzene rings is 16. The van der Waals surface area contributed by atoms with Gasteiger partial charge in [0.25, 0.3) is 0 Å². The van der Waals surface area contributed by atoms with Crippen LogP contribution < -0.4 is 69.0 Å². The van der Waals surface area contributed by atoms with E-state index in [1.54, 1.807) is 0 Å². The molecule has 0 saturated heterocycles. The monoisotopic (exact) mass is 1600 g/mol. The van der Waals surface area contributed by atoms with Crippen molar-refractivity contribution in [3.8, 4) is 22.3 Å². The summed E-state index contributed by atoms with van der Waals surface area (Å²) in [5.41, 5.74) is 15.7. The van der Waals surface area contributed by atoms with E-state index in [0.717, 1.165) is 13.1 Å². The van der Waals surface area contributed by atoms with E-state index in [2.05, 4.69) is 414 Å². The van der Waals surface area contributed by atoms with Gasteiger partial charge in [-0.25, -0.2) is 0 Å².